The van der Waals surface area contributed by atoms with Crippen LogP contribution in [0.2, 0.25) is 0 Å². The Morgan fingerprint density at radius 2 is 1.32 bits per heavy atom. The number of aromatic hydroxyl groups is 4. The predicted molar refractivity (Wildman–Crippen MR) is 134 cm³/mol. The highest BCUT2D eigenvalue weighted by atomic mass is 16.3. The van der Waals surface area contributed by atoms with Gasteiger partial charge in [-0.15, -0.1) is 0 Å². The summed E-state index contributed by atoms with van der Waals surface area (Å²) < 4.78 is 0. The first-order chi connectivity index (χ1) is 15.9. The first-order valence-electron chi connectivity index (χ1n) is 11.4. The Morgan fingerprint density at radius 1 is 0.765 bits per heavy atom. The summed E-state index contributed by atoms with van der Waals surface area (Å²) >= 11 is 0. The SMILES string of the molecule is CC(C)(CO)CC=Cc1cc(O)cc(C#Cc2cc(O)cc(CCCC(C)(C)CO)c2O)c1O. The van der Waals surface area contributed by atoms with E-state index in [-0.39, 0.29) is 58.2 Å². The van der Waals surface area contributed by atoms with Crippen LogP contribution in [-0.2, 0) is 6.42 Å². The first-order valence-corrected chi connectivity index (χ1v) is 11.4. The van der Waals surface area contributed by atoms with Crippen molar-refractivity contribution in [2.24, 2.45) is 10.8 Å². The van der Waals surface area contributed by atoms with Gasteiger partial charge in [0.1, 0.15) is 23.0 Å². The zero-order chi connectivity index (χ0) is 25.5. The summed E-state index contributed by atoms with van der Waals surface area (Å²) in [6, 6.07) is 5.59. The number of aryl methyl sites for hydroxylation is 1. The number of aliphatic hydroxyl groups is 2. The summed E-state index contributed by atoms with van der Waals surface area (Å²) in [6.07, 6.45) is 6.03. The maximum atomic E-state index is 10.7. The molecule has 0 bridgehead atoms. The molecule has 0 saturated carbocycles. The molecule has 0 aromatic heterocycles. The maximum absolute atomic E-state index is 10.7. The second-order valence-electron chi connectivity index (χ2n) is 10.3. The molecule has 2 aromatic carbocycles. The van der Waals surface area contributed by atoms with Gasteiger partial charge in [-0.1, -0.05) is 51.7 Å². The van der Waals surface area contributed by atoms with E-state index in [0.29, 0.717) is 30.4 Å². The maximum Gasteiger partial charge on any atom is 0.138 e. The summed E-state index contributed by atoms with van der Waals surface area (Å²) in [5, 5.41) is 60.3. The smallest absolute Gasteiger partial charge is 0.138 e. The normalized spacial score (nSPS) is 12.1. The van der Waals surface area contributed by atoms with Crippen molar-refractivity contribution in [3.8, 4) is 34.8 Å². The summed E-state index contributed by atoms with van der Waals surface area (Å²) in [5.41, 5.74) is 0.793. The van der Waals surface area contributed by atoms with E-state index in [1.54, 1.807) is 6.08 Å². The van der Waals surface area contributed by atoms with Gasteiger partial charge in [-0.25, -0.2) is 0 Å². The third kappa shape index (κ3) is 7.72. The Labute approximate surface area is 201 Å². The fourth-order valence-electron chi connectivity index (χ4n) is 3.37. The minimum absolute atomic E-state index is 0.0225. The Bertz CT molecular complexity index is 1090. The second kappa shape index (κ2) is 11.3. The molecule has 184 valence electrons. The van der Waals surface area contributed by atoms with E-state index in [1.165, 1.54) is 24.3 Å². The Hall–Kier alpha value is -3.14. The van der Waals surface area contributed by atoms with Crippen LogP contribution in [-0.4, -0.2) is 43.9 Å². The Balaban J connectivity index is 2.30. The fourth-order valence-corrected chi connectivity index (χ4v) is 3.37. The van der Waals surface area contributed by atoms with Gasteiger partial charge in [0.25, 0.3) is 0 Å². The quantitative estimate of drug-likeness (QED) is 0.235. The van der Waals surface area contributed by atoms with Crippen molar-refractivity contribution in [3.63, 3.8) is 0 Å². The van der Waals surface area contributed by atoms with Crippen molar-refractivity contribution in [2.75, 3.05) is 13.2 Å². The van der Waals surface area contributed by atoms with Crippen LogP contribution in [0.4, 0.5) is 0 Å². The lowest BCUT2D eigenvalue weighted by Crippen LogP contribution is -2.16. The third-order valence-electron chi connectivity index (χ3n) is 5.75. The van der Waals surface area contributed by atoms with E-state index < -0.39 is 0 Å². The van der Waals surface area contributed by atoms with Crippen molar-refractivity contribution in [1.82, 2.24) is 0 Å². The van der Waals surface area contributed by atoms with Crippen LogP contribution < -0.4 is 0 Å². The average Bonchev–Trinajstić information content (AvgIpc) is 2.77. The molecule has 0 aliphatic carbocycles. The molecule has 0 aliphatic rings. The zero-order valence-corrected chi connectivity index (χ0v) is 20.4. The number of allylic oxidation sites excluding steroid dienone is 1. The second-order valence-corrected chi connectivity index (χ2v) is 10.3. The van der Waals surface area contributed by atoms with Crippen LogP contribution in [0.3, 0.4) is 0 Å². The van der Waals surface area contributed by atoms with Gasteiger partial charge in [-0.2, -0.15) is 0 Å². The molecule has 0 heterocycles. The molecule has 6 nitrogen and oxygen atoms in total. The molecule has 0 fully saturated rings. The largest absolute Gasteiger partial charge is 0.508 e. The number of rotatable bonds is 9. The van der Waals surface area contributed by atoms with Gasteiger partial charge in [0.05, 0.1) is 11.1 Å². The lowest BCUT2D eigenvalue weighted by Gasteiger charge is -2.21. The first kappa shape index (κ1) is 27.1. The summed E-state index contributed by atoms with van der Waals surface area (Å²) in [5.74, 6) is 5.29. The van der Waals surface area contributed by atoms with Gasteiger partial charge in [-0.05, 0) is 66.3 Å². The van der Waals surface area contributed by atoms with Crippen LogP contribution in [0.1, 0.15) is 69.2 Å². The molecule has 0 spiro atoms. The summed E-state index contributed by atoms with van der Waals surface area (Å²) in [4.78, 5) is 0. The monoisotopic (exact) mass is 468 g/mol. The number of phenols is 4. The summed E-state index contributed by atoms with van der Waals surface area (Å²) in [6.45, 7) is 7.85. The predicted octanol–water partition coefficient (Wildman–Crippen LogP) is 4.67. The van der Waals surface area contributed by atoms with Crippen molar-refractivity contribution in [2.45, 2.75) is 53.4 Å². The van der Waals surface area contributed by atoms with E-state index in [0.717, 1.165) is 6.42 Å². The average molecular weight is 469 g/mol. The lowest BCUT2D eigenvalue weighted by molar-refractivity contribution is 0.148. The highest BCUT2D eigenvalue weighted by molar-refractivity contribution is 5.66. The Morgan fingerprint density at radius 3 is 1.91 bits per heavy atom. The molecule has 2 aromatic rings. The van der Waals surface area contributed by atoms with E-state index in [9.17, 15) is 30.6 Å². The molecule has 0 atom stereocenters. The van der Waals surface area contributed by atoms with Crippen molar-refractivity contribution in [3.05, 3.63) is 52.6 Å². The van der Waals surface area contributed by atoms with Gasteiger partial charge in [0.15, 0.2) is 0 Å². The van der Waals surface area contributed by atoms with Crippen molar-refractivity contribution < 1.29 is 30.6 Å². The number of benzene rings is 2. The number of hydrogen-bond donors (Lipinski definition) is 6. The van der Waals surface area contributed by atoms with E-state index >= 15 is 0 Å². The van der Waals surface area contributed by atoms with Crippen molar-refractivity contribution in [1.29, 1.82) is 0 Å². The highest BCUT2D eigenvalue weighted by Gasteiger charge is 2.17. The molecule has 0 aliphatic heterocycles. The van der Waals surface area contributed by atoms with Gasteiger partial charge in [0.2, 0.25) is 0 Å². The molecule has 6 heteroatoms. The number of hydrogen-bond acceptors (Lipinski definition) is 6. The number of phenolic OH excluding ortho intramolecular Hbond substituents is 4. The van der Waals surface area contributed by atoms with Gasteiger partial charge in [0, 0.05) is 18.8 Å². The molecule has 0 unspecified atom stereocenters. The molecular formula is C28H36O6. The summed E-state index contributed by atoms with van der Waals surface area (Å²) in [7, 11) is 0. The molecular weight excluding hydrogens is 432 g/mol. The highest BCUT2D eigenvalue weighted by Crippen LogP contribution is 2.32. The van der Waals surface area contributed by atoms with Gasteiger partial charge < -0.3 is 30.6 Å². The van der Waals surface area contributed by atoms with E-state index in [2.05, 4.69) is 11.8 Å². The minimum Gasteiger partial charge on any atom is -0.508 e. The minimum atomic E-state index is -0.302. The standard InChI is InChI=1S/C28H36O6/c1-27(2,17-29)11-5-7-19-13-23(31)15-21(25(19)33)9-10-22-16-24(32)14-20(26(22)34)8-6-12-28(3,4)18-30/h5,7,13-16,29-34H,6,8,11-12,17-18H2,1-4H3. The van der Waals surface area contributed by atoms with Crippen molar-refractivity contribution >= 4 is 6.08 Å². The van der Waals surface area contributed by atoms with Crippen LogP contribution in [0.15, 0.2) is 30.3 Å². The Kier molecular flexibility index (Phi) is 9.03. The molecule has 2 rings (SSSR count). The van der Waals surface area contributed by atoms with Gasteiger partial charge >= 0.3 is 0 Å². The molecule has 6 N–H and O–H groups in total. The molecule has 0 saturated heterocycles. The molecule has 0 radical (unpaired) electrons. The van der Waals surface area contributed by atoms with Crippen LogP contribution in [0, 0.1) is 22.7 Å². The fraction of sp³-hybridized carbons (Fsp3) is 0.429. The lowest BCUT2D eigenvalue weighted by atomic mass is 9.87. The van der Waals surface area contributed by atoms with Crippen LogP contribution >= 0.6 is 0 Å². The third-order valence-corrected chi connectivity index (χ3v) is 5.75. The molecule has 34 heavy (non-hydrogen) atoms. The van der Waals surface area contributed by atoms with Gasteiger partial charge in [-0.3, -0.25) is 0 Å². The number of aliphatic hydroxyl groups excluding tert-OH is 2. The topological polar surface area (TPSA) is 121 Å². The molecule has 0 amide bonds. The van der Waals surface area contributed by atoms with Crippen LogP contribution in [0.25, 0.3) is 6.08 Å². The van der Waals surface area contributed by atoms with Crippen LogP contribution in [0.5, 0.6) is 23.0 Å². The zero-order valence-electron chi connectivity index (χ0n) is 20.4. The van der Waals surface area contributed by atoms with E-state index in [4.69, 9.17) is 0 Å². The van der Waals surface area contributed by atoms with E-state index in [1.807, 2.05) is 33.8 Å².